The Bertz CT molecular complexity index is 755. The zero-order valence-corrected chi connectivity index (χ0v) is 18.5. The largest absolute Gasteiger partial charge is 0.468 e. The Morgan fingerprint density at radius 3 is 2.70 bits per heavy atom. The van der Waals surface area contributed by atoms with Crippen molar-refractivity contribution in [2.45, 2.75) is 38.6 Å². The number of thiophene rings is 1. The lowest BCUT2D eigenvalue weighted by Gasteiger charge is -2.32. The number of rotatable bonds is 10. The fourth-order valence-corrected chi connectivity index (χ4v) is 4.25. The third-order valence-electron chi connectivity index (χ3n) is 5.15. The van der Waals surface area contributed by atoms with E-state index in [1.165, 1.54) is 30.6 Å². The molecule has 7 nitrogen and oxygen atoms in total. The summed E-state index contributed by atoms with van der Waals surface area (Å²) >= 11 is 1.46. The highest BCUT2D eigenvalue weighted by Gasteiger charge is 2.24. The molecule has 0 aliphatic carbocycles. The number of hydrogen-bond acceptors (Lipinski definition) is 5. The molecule has 0 spiro atoms. The monoisotopic (exact) mass is 431 g/mol. The van der Waals surface area contributed by atoms with E-state index in [0.717, 1.165) is 49.2 Å². The highest BCUT2D eigenvalue weighted by molar-refractivity contribution is 7.12. The normalized spacial score (nSPS) is 16.2. The van der Waals surface area contributed by atoms with E-state index in [1.54, 1.807) is 6.26 Å². The molecule has 2 aromatic heterocycles. The van der Waals surface area contributed by atoms with E-state index in [1.807, 2.05) is 29.6 Å². The second-order valence-corrected chi connectivity index (χ2v) is 8.31. The standard InChI is InChI=1S/C22H33N5O2S/c1-2-23-22(25-12-8-11-24-21(28)20-10-7-16-30-20)26-17-18(19-9-6-15-29-19)27-13-4-3-5-14-27/h6-7,9-10,15-16,18H,2-5,8,11-14,17H2,1H3,(H,24,28)(H2,23,25,26). The smallest absolute Gasteiger partial charge is 0.261 e. The zero-order chi connectivity index (χ0) is 21.0. The van der Waals surface area contributed by atoms with Gasteiger partial charge in [0, 0.05) is 19.6 Å². The molecule has 8 heteroatoms. The Labute approximate surface area is 182 Å². The quantitative estimate of drug-likeness (QED) is 0.306. The fourth-order valence-electron chi connectivity index (χ4n) is 3.61. The van der Waals surface area contributed by atoms with Crippen LogP contribution in [0.25, 0.3) is 0 Å². The van der Waals surface area contributed by atoms with E-state index in [4.69, 9.17) is 9.41 Å². The van der Waals surface area contributed by atoms with Gasteiger partial charge >= 0.3 is 0 Å². The minimum Gasteiger partial charge on any atom is -0.468 e. The van der Waals surface area contributed by atoms with Crippen LogP contribution in [0.2, 0.25) is 0 Å². The number of nitrogens with one attached hydrogen (secondary N) is 3. The summed E-state index contributed by atoms with van der Waals surface area (Å²) < 4.78 is 5.72. The molecule has 1 atom stereocenters. The van der Waals surface area contributed by atoms with Crippen LogP contribution < -0.4 is 16.0 Å². The van der Waals surface area contributed by atoms with Crippen molar-refractivity contribution in [2.75, 3.05) is 39.3 Å². The van der Waals surface area contributed by atoms with Crippen molar-refractivity contribution in [1.29, 1.82) is 0 Å². The lowest BCUT2D eigenvalue weighted by Crippen LogP contribution is -2.40. The number of carbonyl (C=O) groups is 1. The van der Waals surface area contributed by atoms with Crippen molar-refractivity contribution in [3.05, 3.63) is 46.5 Å². The molecule has 30 heavy (non-hydrogen) atoms. The van der Waals surface area contributed by atoms with Crippen LogP contribution in [0.3, 0.4) is 0 Å². The van der Waals surface area contributed by atoms with E-state index in [0.29, 0.717) is 13.1 Å². The SMILES string of the molecule is CCNC(=NCC(c1ccco1)N1CCCCC1)NCCCNC(=O)c1cccs1. The first-order valence-corrected chi connectivity index (χ1v) is 11.8. The van der Waals surface area contributed by atoms with Crippen LogP contribution in [-0.2, 0) is 0 Å². The summed E-state index contributed by atoms with van der Waals surface area (Å²) in [7, 11) is 0. The van der Waals surface area contributed by atoms with Crippen LogP contribution in [0.15, 0.2) is 45.3 Å². The van der Waals surface area contributed by atoms with Crippen LogP contribution in [0.4, 0.5) is 0 Å². The Balaban J connectivity index is 1.47. The second kappa shape index (κ2) is 12.4. The number of aliphatic imine (C=N–C) groups is 1. The van der Waals surface area contributed by atoms with E-state index >= 15 is 0 Å². The molecule has 1 aliphatic heterocycles. The summed E-state index contributed by atoms with van der Waals surface area (Å²) in [6.07, 6.45) is 6.34. The number of furan rings is 1. The average molecular weight is 432 g/mol. The first kappa shape index (κ1) is 22.4. The van der Waals surface area contributed by atoms with Crippen molar-refractivity contribution in [3.63, 3.8) is 0 Å². The van der Waals surface area contributed by atoms with Gasteiger partial charge in [0.25, 0.3) is 5.91 Å². The average Bonchev–Trinajstić information content (AvgIpc) is 3.49. The fraction of sp³-hybridized carbons (Fsp3) is 0.545. The molecule has 0 aromatic carbocycles. The minimum atomic E-state index is -0.00612. The lowest BCUT2D eigenvalue weighted by atomic mass is 10.1. The summed E-state index contributed by atoms with van der Waals surface area (Å²) in [4.78, 5) is 20.0. The minimum absolute atomic E-state index is 0.00612. The first-order chi connectivity index (χ1) is 14.8. The van der Waals surface area contributed by atoms with Crippen molar-refractivity contribution in [3.8, 4) is 0 Å². The van der Waals surface area contributed by atoms with Gasteiger partial charge in [-0.2, -0.15) is 0 Å². The van der Waals surface area contributed by atoms with Crippen molar-refractivity contribution >= 4 is 23.2 Å². The molecule has 3 N–H and O–H groups in total. The van der Waals surface area contributed by atoms with E-state index in [2.05, 4.69) is 27.8 Å². The number of nitrogens with zero attached hydrogens (tertiary/aromatic N) is 2. The molecule has 0 saturated carbocycles. The molecule has 1 amide bonds. The molecule has 2 aromatic rings. The van der Waals surface area contributed by atoms with Gasteiger partial charge in [0.05, 0.1) is 23.7 Å². The molecule has 1 fully saturated rings. The molecular formula is C22H33N5O2S. The molecule has 1 saturated heterocycles. The maximum atomic E-state index is 12.0. The molecule has 0 bridgehead atoms. The number of amides is 1. The number of piperidine rings is 1. The zero-order valence-electron chi connectivity index (χ0n) is 17.7. The number of likely N-dealkylation sites (tertiary alicyclic amines) is 1. The maximum absolute atomic E-state index is 12.0. The molecule has 164 valence electrons. The highest BCUT2D eigenvalue weighted by Crippen LogP contribution is 2.25. The van der Waals surface area contributed by atoms with Crippen molar-refractivity contribution < 1.29 is 9.21 Å². The molecule has 0 radical (unpaired) electrons. The first-order valence-electron chi connectivity index (χ1n) is 10.9. The Kier molecular flexibility index (Phi) is 9.24. The van der Waals surface area contributed by atoms with Gasteiger partial charge in [0.1, 0.15) is 5.76 Å². The summed E-state index contributed by atoms with van der Waals surface area (Å²) in [5.41, 5.74) is 0. The Hall–Kier alpha value is -2.32. The predicted octanol–water partition coefficient (Wildman–Crippen LogP) is 3.24. The molecule has 1 unspecified atom stereocenters. The van der Waals surface area contributed by atoms with Gasteiger partial charge in [-0.3, -0.25) is 14.7 Å². The summed E-state index contributed by atoms with van der Waals surface area (Å²) in [6.45, 7) is 7.07. The summed E-state index contributed by atoms with van der Waals surface area (Å²) in [6, 6.07) is 7.89. The second-order valence-electron chi connectivity index (χ2n) is 7.36. The predicted molar refractivity (Wildman–Crippen MR) is 122 cm³/mol. The maximum Gasteiger partial charge on any atom is 0.261 e. The topological polar surface area (TPSA) is 81.9 Å². The van der Waals surface area contributed by atoms with Crippen LogP contribution in [0.1, 0.15) is 54.1 Å². The van der Waals surface area contributed by atoms with Crippen LogP contribution >= 0.6 is 11.3 Å². The van der Waals surface area contributed by atoms with E-state index in [-0.39, 0.29) is 11.9 Å². The lowest BCUT2D eigenvalue weighted by molar-refractivity contribution is 0.0957. The van der Waals surface area contributed by atoms with Gasteiger partial charge in [0.2, 0.25) is 0 Å². The van der Waals surface area contributed by atoms with Gasteiger partial charge in [-0.1, -0.05) is 12.5 Å². The van der Waals surface area contributed by atoms with Gasteiger partial charge < -0.3 is 20.4 Å². The molecule has 3 heterocycles. The molecular weight excluding hydrogens is 398 g/mol. The molecule has 3 rings (SSSR count). The highest BCUT2D eigenvalue weighted by atomic mass is 32.1. The van der Waals surface area contributed by atoms with Crippen LogP contribution in [0.5, 0.6) is 0 Å². The van der Waals surface area contributed by atoms with Gasteiger partial charge in [-0.05, 0) is 62.9 Å². The van der Waals surface area contributed by atoms with E-state index in [9.17, 15) is 4.79 Å². The third-order valence-corrected chi connectivity index (χ3v) is 6.01. The van der Waals surface area contributed by atoms with Gasteiger partial charge in [-0.25, -0.2) is 0 Å². The summed E-state index contributed by atoms with van der Waals surface area (Å²) in [5, 5.41) is 11.6. The van der Waals surface area contributed by atoms with Gasteiger partial charge in [0.15, 0.2) is 5.96 Å². The number of guanidine groups is 1. The number of carbonyl (C=O) groups excluding carboxylic acids is 1. The third kappa shape index (κ3) is 6.88. The van der Waals surface area contributed by atoms with Crippen LogP contribution in [-0.4, -0.2) is 56.0 Å². The summed E-state index contributed by atoms with van der Waals surface area (Å²) in [5.74, 6) is 1.77. The molecule has 1 aliphatic rings. The van der Waals surface area contributed by atoms with Crippen LogP contribution in [0, 0.1) is 0 Å². The van der Waals surface area contributed by atoms with E-state index < -0.39 is 0 Å². The van der Waals surface area contributed by atoms with Crippen molar-refractivity contribution in [1.82, 2.24) is 20.9 Å². The Morgan fingerprint density at radius 1 is 1.17 bits per heavy atom. The van der Waals surface area contributed by atoms with Gasteiger partial charge in [-0.15, -0.1) is 11.3 Å². The number of hydrogen-bond donors (Lipinski definition) is 3. The Morgan fingerprint density at radius 2 is 2.00 bits per heavy atom. The van der Waals surface area contributed by atoms with Crippen molar-refractivity contribution in [2.24, 2.45) is 4.99 Å².